The van der Waals surface area contributed by atoms with Crippen LogP contribution in [0.2, 0.25) is 5.02 Å². The lowest BCUT2D eigenvalue weighted by Crippen LogP contribution is -2.21. The molecule has 0 radical (unpaired) electrons. The van der Waals surface area contributed by atoms with Crippen molar-refractivity contribution in [1.29, 1.82) is 0 Å². The van der Waals surface area contributed by atoms with Crippen molar-refractivity contribution in [3.8, 4) is 28.3 Å². The average molecular weight is 502 g/mol. The van der Waals surface area contributed by atoms with Crippen LogP contribution in [0.3, 0.4) is 0 Å². The van der Waals surface area contributed by atoms with Crippen LogP contribution in [-0.4, -0.2) is 17.6 Å². The van der Waals surface area contributed by atoms with E-state index in [2.05, 4.69) is 4.98 Å². The molecule has 1 heterocycles. The van der Waals surface area contributed by atoms with Gasteiger partial charge >= 0.3 is 5.97 Å². The van der Waals surface area contributed by atoms with Crippen LogP contribution < -0.4 is 4.74 Å². The van der Waals surface area contributed by atoms with Gasteiger partial charge in [-0.25, -0.2) is 14.2 Å². The summed E-state index contributed by atoms with van der Waals surface area (Å²) in [5.41, 5.74) is 4.04. The molecule has 7 heteroatoms. The predicted octanol–water partition coefficient (Wildman–Crippen LogP) is 7.64. The zero-order valence-corrected chi connectivity index (χ0v) is 20.0. The lowest BCUT2D eigenvalue weighted by Gasteiger charge is -2.20. The monoisotopic (exact) mass is 501 g/mol. The topological polar surface area (TPSA) is 61.6 Å². The molecule has 0 saturated carbocycles. The smallest absolute Gasteiger partial charge is 0.352 e. The van der Waals surface area contributed by atoms with Gasteiger partial charge in [-0.1, -0.05) is 54.1 Å². The molecule has 5 nitrogen and oxygen atoms in total. The number of halogens is 2. The zero-order valence-electron chi connectivity index (χ0n) is 19.3. The summed E-state index contributed by atoms with van der Waals surface area (Å²) in [7, 11) is 0. The number of hydrogen-bond donors (Lipinski definition) is 0. The third kappa shape index (κ3) is 4.95. The maximum atomic E-state index is 13.5. The second-order valence-corrected chi connectivity index (χ2v) is 8.44. The van der Waals surface area contributed by atoms with Gasteiger partial charge in [-0.15, -0.1) is 0 Å². The number of hydrogen-bond acceptors (Lipinski definition) is 5. The van der Waals surface area contributed by atoms with E-state index in [0.29, 0.717) is 38.9 Å². The number of esters is 1. The molecule has 5 aromatic rings. The van der Waals surface area contributed by atoms with Gasteiger partial charge in [0, 0.05) is 10.6 Å². The number of carbonyl (C=O) groups excluding carboxylic acids is 1. The molecule has 0 saturated heterocycles. The Kier molecular flexibility index (Phi) is 6.69. The minimum absolute atomic E-state index is 0.202. The molecule has 0 aliphatic rings. The summed E-state index contributed by atoms with van der Waals surface area (Å²) in [4.78, 5) is 17.5. The largest absolute Gasteiger partial charge is 0.473 e. The highest BCUT2D eigenvalue weighted by Crippen LogP contribution is 2.38. The van der Waals surface area contributed by atoms with Gasteiger partial charge in [-0.05, 0) is 66.6 Å². The minimum atomic E-state index is -1.04. The fourth-order valence-electron chi connectivity index (χ4n) is 3.84. The van der Waals surface area contributed by atoms with Crippen LogP contribution in [0, 0.1) is 5.82 Å². The Balaban J connectivity index is 1.62. The summed E-state index contributed by atoms with van der Waals surface area (Å²) in [5.74, 6) is -0.154. The lowest BCUT2D eigenvalue weighted by molar-refractivity contribution is -0.151. The molecule has 0 aliphatic carbocycles. The van der Waals surface area contributed by atoms with Gasteiger partial charge in [-0.3, -0.25) is 0 Å². The molecule has 0 fully saturated rings. The van der Waals surface area contributed by atoms with E-state index in [0.717, 1.165) is 11.1 Å². The van der Waals surface area contributed by atoms with Crippen LogP contribution in [0.1, 0.15) is 18.6 Å². The Bertz CT molecular complexity index is 1480. The number of nitrogens with zero attached hydrogens (tertiary/aromatic N) is 1. The Morgan fingerprint density at radius 3 is 2.42 bits per heavy atom. The molecule has 1 atom stereocenters. The van der Waals surface area contributed by atoms with E-state index in [-0.39, 0.29) is 12.4 Å². The van der Waals surface area contributed by atoms with Crippen LogP contribution in [0.5, 0.6) is 5.75 Å². The highest BCUT2D eigenvalue weighted by atomic mass is 35.5. The number of fused-ring (bicyclic) bond motifs is 1. The van der Waals surface area contributed by atoms with Gasteiger partial charge in [0.05, 0.1) is 12.2 Å². The van der Waals surface area contributed by atoms with E-state index in [1.54, 1.807) is 49.4 Å². The fourth-order valence-corrected chi connectivity index (χ4v) is 3.97. The van der Waals surface area contributed by atoms with E-state index >= 15 is 0 Å². The van der Waals surface area contributed by atoms with Crippen LogP contribution >= 0.6 is 11.6 Å². The summed E-state index contributed by atoms with van der Waals surface area (Å²) >= 11 is 6.05. The second-order valence-electron chi connectivity index (χ2n) is 8.01. The first kappa shape index (κ1) is 23.6. The van der Waals surface area contributed by atoms with Crippen LogP contribution in [-0.2, 0) is 9.53 Å². The minimum Gasteiger partial charge on any atom is -0.473 e. The fraction of sp³-hybridized carbons (Fsp3) is 0.103. The molecule has 0 amide bonds. The summed E-state index contributed by atoms with van der Waals surface area (Å²) in [6.45, 7) is 1.94. The first-order chi connectivity index (χ1) is 17.5. The first-order valence-corrected chi connectivity index (χ1v) is 11.7. The van der Waals surface area contributed by atoms with E-state index < -0.39 is 12.1 Å². The standard InChI is InChI=1S/C29H21ClFNO4/c1-2-34-29(33)27(19-7-12-21(30)13-8-19)35-25-16-11-20(18-9-14-22(31)15-10-18)17-23(25)28-32-24-5-3-4-6-26(24)36-28/h3-17,27H,2H2,1H3. The van der Waals surface area contributed by atoms with Crippen molar-refractivity contribution >= 4 is 28.7 Å². The van der Waals surface area contributed by atoms with E-state index in [4.69, 9.17) is 25.5 Å². The van der Waals surface area contributed by atoms with Crippen molar-refractivity contribution < 1.29 is 23.1 Å². The third-order valence-electron chi connectivity index (χ3n) is 5.60. The summed E-state index contributed by atoms with van der Waals surface area (Å²) in [5, 5.41) is 0.539. The number of ether oxygens (including phenoxy) is 2. The van der Waals surface area contributed by atoms with Crippen molar-refractivity contribution in [3.05, 3.63) is 107 Å². The normalized spacial score (nSPS) is 11.9. The Hall–Kier alpha value is -4.16. The van der Waals surface area contributed by atoms with Gasteiger partial charge in [0.1, 0.15) is 17.1 Å². The first-order valence-electron chi connectivity index (χ1n) is 11.4. The predicted molar refractivity (Wildman–Crippen MR) is 136 cm³/mol. The second kappa shape index (κ2) is 10.2. The van der Waals surface area contributed by atoms with Crippen molar-refractivity contribution in [2.24, 2.45) is 0 Å². The Labute approximate surface area is 212 Å². The van der Waals surface area contributed by atoms with Crippen LogP contribution in [0.4, 0.5) is 4.39 Å². The number of aromatic nitrogens is 1. The van der Waals surface area contributed by atoms with Gasteiger partial charge in [0.15, 0.2) is 5.58 Å². The molecular weight excluding hydrogens is 481 g/mol. The SMILES string of the molecule is CCOC(=O)C(Oc1ccc(-c2ccc(F)cc2)cc1-c1nc2ccccc2o1)c1ccc(Cl)cc1. The zero-order chi connectivity index (χ0) is 25.1. The number of carbonyl (C=O) groups is 1. The molecule has 1 aromatic heterocycles. The molecule has 5 rings (SSSR count). The molecule has 1 unspecified atom stereocenters. The highest BCUT2D eigenvalue weighted by molar-refractivity contribution is 6.30. The van der Waals surface area contributed by atoms with Gasteiger partial charge < -0.3 is 13.9 Å². The van der Waals surface area contributed by atoms with E-state index in [1.165, 1.54) is 12.1 Å². The summed E-state index contributed by atoms with van der Waals surface area (Å²) in [6.07, 6.45) is -1.04. The Morgan fingerprint density at radius 2 is 1.69 bits per heavy atom. The average Bonchev–Trinajstić information content (AvgIpc) is 3.33. The molecule has 180 valence electrons. The molecule has 0 aliphatic heterocycles. The van der Waals surface area contributed by atoms with Crippen molar-refractivity contribution in [2.45, 2.75) is 13.0 Å². The number of oxazole rings is 1. The number of para-hydroxylation sites is 2. The quantitative estimate of drug-likeness (QED) is 0.214. The molecule has 0 N–H and O–H groups in total. The number of benzene rings is 4. The molecule has 0 bridgehead atoms. The molecular formula is C29H21ClFNO4. The van der Waals surface area contributed by atoms with Crippen molar-refractivity contribution in [1.82, 2.24) is 4.98 Å². The third-order valence-corrected chi connectivity index (χ3v) is 5.85. The lowest BCUT2D eigenvalue weighted by atomic mass is 10.0. The molecule has 0 spiro atoms. The maximum absolute atomic E-state index is 13.5. The van der Waals surface area contributed by atoms with Crippen LogP contribution in [0.25, 0.3) is 33.7 Å². The molecule has 36 heavy (non-hydrogen) atoms. The van der Waals surface area contributed by atoms with Crippen molar-refractivity contribution in [2.75, 3.05) is 6.61 Å². The summed E-state index contributed by atoms with van der Waals surface area (Å²) < 4.78 is 31.1. The number of rotatable bonds is 7. The summed E-state index contributed by atoms with van der Waals surface area (Å²) in [6, 6.07) is 25.8. The van der Waals surface area contributed by atoms with Gasteiger partial charge in [0.25, 0.3) is 0 Å². The molecule has 4 aromatic carbocycles. The van der Waals surface area contributed by atoms with Gasteiger partial charge in [-0.2, -0.15) is 0 Å². The van der Waals surface area contributed by atoms with Crippen molar-refractivity contribution in [3.63, 3.8) is 0 Å². The van der Waals surface area contributed by atoms with E-state index in [1.807, 2.05) is 36.4 Å². The maximum Gasteiger partial charge on any atom is 0.352 e. The van der Waals surface area contributed by atoms with Crippen LogP contribution in [0.15, 0.2) is 95.4 Å². The van der Waals surface area contributed by atoms with E-state index in [9.17, 15) is 9.18 Å². The van der Waals surface area contributed by atoms with Gasteiger partial charge in [0.2, 0.25) is 12.0 Å². The highest BCUT2D eigenvalue weighted by Gasteiger charge is 2.27. The Morgan fingerprint density at radius 1 is 0.972 bits per heavy atom.